The summed E-state index contributed by atoms with van der Waals surface area (Å²) in [5, 5.41) is 3.31. The summed E-state index contributed by atoms with van der Waals surface area (Å²) >= 11 is 0. The monoisotopic (exact) mass is 260 g/mol. The molecular formula is C15H20N2O2. The molecule has 1 unspecified atom stereocenters. The van der Waals surface area contributed by atoms with Gasteiger partial charge < -0.3 is 15.0 Å². The summed E-state index contributed by atoms with van der Waals surface area (Å²) in [4.78, 5) is 14.4. The van der Waals surface area contributed by atoms with Crippen molar-refractivity contribution in [3.05, 3.63) is 34.9 Å². The second kappa shape index (κ2) is 5.31. The van der Waals surface area contributed by atoms with Crippen molar-refractivity contribution in [3.63, 3.8) is 0 Å². The zero-order valence-electron chi connectivity index (χ0n) is 11.3. The number of likely N-dealkylation sites (tertiary alicyclic amines) is 1. The largest absolute Gasteiger partial charge is 0.384 e. The van der Waals surface area contributed by atoms with Crippen molar-refractivity contribution in [1.82, 2.24) is 10.2 Å². The summed E-state index contributed by atoms with van der Waals surface area (Å²) in [6.45, 7) is 4.22. The molecule has 2 heterocycles. The van der Waals surface area contributed by atoms with Crippen LogP contribution in [0.2, 0.25) is 0 Å². The van der Waals surface area contributed by atoms with Gasteiger partial charge in [0.2, 0.25) is 0 Å². The Morgan fingerprint density at radius 2 is 2.26 bits per heavy atom. The number of amides is 1. The van der Waals surface area contributed by atoms with Gasteiger partial charge >= 0.3 is 0 Å². The molecule has 2 aliphatic heterocycles. The maximum Gasteiger partial charge on any atom is 0.253 e. The second-order valence-corrected chi connectivity index (χ2v) is 5.45. The smallest absolute Gasteiger partial charge is 0.253 e. The van der Waals surface area contributed by atoms with Crippen molar-refractivity contribution in [1.29, 1.82) is 0 Å². The Morgan fingerprint density at radius 1 is 1.42 bits per heavy atom. The van der Waals surface area contributed by atoms with E-state index in [9.17, 15) is 4.79 Å². The molecule has 0 aliphatic carbocycles. The minimum atomic E-state index is 0.160. The van der Waals surface area contributed by atoms with Crippen LogP contribution < -0.4 is 5.32 Å². The Hall–Kier alpha value is -1.39. The number of methoxy groups -OCH3 is 1. The molecular weight excluding hydrogens is 240 g/mol. The molecule has 4 heteroatoms. The van der Waals surface area contributed by atoms with Gasteiger partial charge in [-0.05, 0) is 29.7 Å². The van der Waals surface area contributed by atoms with Gasteiger partial charge in [-0.1, -0.05) is 6.07 Å². The van der Waals surface area contributed by atoms with Crippen LogP contribution in [0.1, 0.15) is 27.9 Å². The summed E-state index contributed by atoms with van der Waals surface area (Å²) in [7, 11) is 1.72. The van der Waals surface area contributed by atoms with Crippen LogP contribution in [0.25, 0.3) is 0 Å². The minimum Gasteiger partial charge on any atom is -0.384 e. The zero-order valence-corrected chi connectivity index (χ0v) is 11.3. The highest BCUT2D eigenvalue weighted by molar-refractivity contribution is 5.94. The molecule has 0 radical (unpaired) electrons. The van der Waals surface area contributed by atoms with E-state index in [0.29, 0.717) is 5.92 Å². The molecule has 0 bridgehead atoms. The Morgan fingerprint density at radius 3 is 3.11 bits per heavy atom. The molecule has 1 amide bonds. The Kier molecular flexibility index (Phi) is 3.53. The van der Waals surface area contributed by atoms with Crippen molar-refractivity contribution in [3.8, 4) is 0 Å². The molecule has 0 saturated carbocycles. The predicted octanol–water partition coefficient (Wildman–Crippen LogP) is 1.40. The highest BCUT2D eigenvalue weighted by Crippen LogP contribution is 2.22. The van der Waals surface area contributed by atoms with Crippen molar-refractivity contribution in [2.75, 3.05) is 26.8 Å². The molecule has 1 atom stereocenters. The van der Waals surface area contributed by atoms with E-state index in [1.165, 1.54) is 11.1 Å². The van der Waals surface area contributed by atoms with Gasteiger partial charge in [0.05, 0.1) is 6.61 Å². The number of rotatable bonds is 3. The molecule has 1 aromatic carbocycles. The molecule has 1 N–H and O–H groups in total. The number of carbonyl (C=O) groups is 1. The molecule has 4 nitrogen and oxygen atoms in total. The van der Waals surface area contributed by atoms with E-state index in [1.807, 2.05) is 17.0 Å². The Balaban J connectivity index is 1.71. The first-order valence-electron chi connectivity index (χ1n) is 6.88. The summed E-state index contributed by atoms with van der Waals surface area (Å²) in [6.07, 6.45) is 1.05. The highest BCUT2D eigenvalue weighted by Gasteiger charge is 2.27. The molecule has 102 valence electrons. The van der Waals surface area contributed by atoms with Gasteiger partial charge in [-0.3, -0.25) is 4.79 Å². The van der Waals surface area contributed by atoms with Crippen LogP contribution in [0, 0.1) is 5.92 Å². The van der Waals surface area contributed by atoms with E-state index >= 15 is 0 Å². The maximum absolute atomic E-state index is 12.5. The lowest BCUT2D eigenvalue weighted by Gasteiger charge is -2.17. The molecule has 19 heavy (non-hydrogen) atoms. The number of hydrogen-bond donors (Lipinski definition) is 1. The van der Waals surface area contributed by atoms with Crippen LogP contribution in [-0.4, -0.2) is 37.6 Å². The Labute approximate surface area is 113 Å². The third-order valence-corrected chi connectivity index (χ3v) is 4.06. The minimum absolute atomic E-state index is 0.160. The van der Waals surface area contributed by atoms with Crippen molar-refractivity contribution in [2.45, 2.75) is 19.5 Å². The van der Waals surface area contributed by atoms with E-state index in [0.717, 1.165) is 44.8 Å². The first kappa shape index (κ1) is 12.6. The van der Waals surface area contributed by atoms with E-state index in [4.69, 9.17) is 4.74 Å². The second-order valence-electron chi connectivity index (χ2n) is 5.45. The lowest BCUT2D eigenvalue weighted by molar-refractivity contribution is 0.0775. The molecule has 1 fully saturated rings. The van der Waals surface area contributed by atoms with Crippen LogP contribution in [-0.2, 0) is 17.8 Å². The molecule has 0 aromatic heterocycles. The summed E-state index contributed by atoms with van der Waals surface area (Å²) in [5.41, 5.74) is 3.40. The van der Waals surface area contributed by atoms with Gasteiger partial charge in [-0.2, -0.15) is 0 Å². The SMILES string of the molecule is COCC1CCN(C(=O)c2ccc3c(c2)CNC3)C1. The number of ether oxygens (including phenoxy) is 1. The first-order chi connectivity index (χ1) is 9.28. The standard InChI is InChI=1S/C15H20N2O2/c1-19-10-11-4-5-17(9-11)15(18)12-2-3-13-7-16-8-14(13)6-12/h2-3,6,11,16H,4-5,7-10H2,1H3. The summed E-state index contributed by atoms with van der Waals surface area (Å²) in [6, 6.07) is 6.07. The van der Waals surface area contributed by atoms with Crippen molar-refractivity contribution < 1.29 is 9.53 Å². The first-order valence-corrected chi connectivity index (χ1v) is 6.88. The van der Waals surface area contributed by atoms with Gasteiger partial charge in [-0.25, -0.2) is 0 Å². The van der Waals surface area contributed by atoms with Gasteiger partial charge in [0.15, 0.2) is 0 Å². The molecule has 3 rings (SSSR count). The highest BCUT2D eigenvalue weighted by atomic mass is 16.5. The number of nitrogens with one attached hydrogen (secondary N) is 1. The lowest BCUT2D eigenvalue weighted by Crippen LogP contribution is -2.29. The van der Waals surface area contributed by atoms with Gasteiger partial charge in [0, 0.05) is 44.8 Å². The molecule has 1 saturated heterocycles. The number of benzene rings is 1. The predicted molar refractivity (Wildman–Crippen MR) is 72.9 cm³/mol. The van der Waals surface area contributed by atoms with Crippen LogP contribution in [0.15, 0.2) is 18.2 Å². The van der Waals surface area contributed by atoms with Gasteiger partial charge in [-0.15, -0.1) is 0 Å². The van der Waals surface area contributed by atoms with E-state index < -0.39 is 0 Å². The topological polar surface area (TPSA) is 41.6 Å². The van der Waals surface area contributed by atoms with Crippen LogP contribution >= 0.6 is 0 Å². The average molecular weight is 260 g/mol. The number of hydrogen-bond acceptors (Lipinski definition) is 3. The Bertz CT molecular complexity index is 487. The van der Waals surface area contributed by atoms with Gasteiger partial charge in [0.1, 0.15) is 0 Å². The lowest BCUT2D eigenvalue weighted by atomic mass is 10.1. The molecule has 2 aliphatic rings. The number of fused-ring (bicyclic) bond motifs is 1. The normalized spacial score (nSPS) is 21.7. The fourth-order valence-electron chi connectivity index (χ4n) is 3.00. The van der Waals surface area contributed by atoms with E-state index in [-0.39, 0.29) is 5.91 Å². The fraction of sp³-hybridized carbons (Fsp3) is 0.533. The van der Waals surface area contributed by atoms with Crippen molar-refractivity contribution >= 4 is 5.91 Å². The molecule has 0 spiro atoms. The number of carbonyl (C=O) groups excluding carboxylic acids is 1. The summed E-state index contributed by atoms with van der Waals surface area (Å²) in [5.74, 6) is 0.651. The average Bonchev–Trinajstić information content (AvgIpc) is 3.05. The van der Waals surface area contributed by atoms with Crippen molar-refractivity contribution in [2.24, 2.45) is 5.92 Å². The van der Waals surface area contributed by atoms with Gasteiger partial charge in [0.25, 0.3) is 5.91 Å². The van der Waals surface area contributed by atoms with Crippen LogP contribution in [0.5, 0.6) is 0 Å². The fourth-order valence-corrected chi connectivity index (χ4v) is 3.00. The van der Waals surface area contributed by atoms with Crippen LogP contribution in [0.3, 0.4) is 0 Å². The third-order valence-electron chi connectivity index (χ3n) is 4.06. The molecule has 1 aromatic rings. The summed E-state index contributed by atoms with van der Waals surface area (Å²) < 4.78 is 5.17. The zero-order chi connectivity index (χ0) is 13.2. The number of nitrogens with zero attached hydrogens (tertiary/aromatic N) is 1. The third kappa shape index (κ3) is 2.51. The maximum atomic E-state index is 12.5. The quantitative estimate of drug-likeness (QED) is 0.893. The van der Waals surface area contributed by atoms with E-state index in [1.54, 1.807) is 7.11 Å². The van der Waals surface area contributed by atoms with Crippen LogP contribution in [0.4, 0.5) is 0 Å². The van der Waals surface area contributed by atoms with E-state index in [2.05, 4.69) is 11.4 Å².